The molecule has 2 rings (SSSR count). The molecule has 4 nitrogen and oxygen atoms in total. The van der Waals surface area contributed by atoms with Crippen molar-refractivity contribution in [3.8, 4) is 0 Å². The van der Waals surface area contributed by atoms with Gasteiger partial charge in [-0.3, -0.25) is 4.98 Å². The van der Waals surface area contributed by atoms with Crippen molar-refractivity contribution in [1.29, 1.82) is 0 Å². The fourth-order valence-electron chi connectivity index (χ4n) is 1.67. The normalized spacial score (nSPS) is 12.8. The lowest BCUT2D eigenvalue weighted by Gasteiger charge is -2.12. The van der Waals surface area contributed by atoms with Crippen LogP contribution < -0.4 is 5.32 Å². The average Bonchev–Trinajstić information content (AvgIpc) is 2.36. The van der Waals surface area contributed by atoms with E-state index < -0.39 is 0 Å². The smallest absolute Gasteiger partial charge is 0.0890 e. The molecule has 0 amide bonds. The Kier molecular flexibility index (Phi) is 4.01. The van der Waals surface area contributed by atoms with Gasteiger partial charge in [0, 0.05) is 19.7 Å². The van der Waals surface area contributed by atoms with Crippen molar-refractivity contribution in [2.24, 2.45) is 0 Å². The predicted octanol–water partition coefficient (Wildman–Crippen LogP) is 1.75. The highest BCUT2D eigenvalue weighted by atomic mass is 16.5. The summed E-state index contributed by atoms with van der Waals surface area (Å²) in [5.41, 5.74) is 2.82. The van der Waals surface area contributed by atoms with E-state index in [9.17, 15) is 0 Å². The van der Waals surface area contributed by atoms with Crippen LogP contribution in [0.4, 0.5) is 0 Å². The van der Waals surface area contributed by atoms with Crippen LogP contribution in [0.25, 0.3) is 11.0 Å². The van der Waals surface area contributed by atoms with E-state index in [-0.39, 0.29) is 0 Å². The van der Waals surface area contributed by atoms with Gasteiger partial charge in [-0.2, -0.15) is 0 Å². The number of methoxy groups -OCH3 is 1. The highest BCUT2D eigenvalue weighted by molar-refractivity contribution is 5.73. The van der Waals surface area contributed by atoms with Crippen LogP contribution in [0.5, 0.6) is 0 Å². The number of hydrogen-bond acceptors (Lipinski definition) is 4. The van der Waals surface area contributed by atoms with E-state index in [1.807, 2.05) is 30.5 Å². The van der Waals surface area contributed by atoms with Crippen molar-refractivity contribution in [3.63, 3.8) is 0 Å². The molecular formula is C13H17N3O. The third-order valence-corrected chi connectivity index (χ3v) is 2.55. The van der Waals surface area contributed by atoms with Crippen LogP contribution in [0.2, 0.25) is 0 Å². The van der Waals surface area contributed by atoms with Gasteiger partial charge in [-0.25, -0.2) is 4.98 Å². The Labute approximate surface area is 101 Å². The molecule has 0 aliphatic rings. The van der Waals surface area contributed by atoms with Crippen LogP contribution in [-0.4, -0.2) is 29.7 Å². The molecule has 0 aliphatic heterocycles. The first-order valence-corrected chi connectivity index (χ1v) is 5.72. The first-order valence-electron chi connectivity index (χ1n) is 5.72. The van der Waals surface area contributed by atoms with Gasteiger partial charge in [-0.1, -0.05) is 12.1 Å². The molecule has 1 atom stereocenters. The number of nitrogens with one attached hydrogen (secondary N) is 1. The van der Waals surface area contributed by atoms with Crippen LogP contribution in [-0.2, 0) is 11.3 Å². The summed E-state index contributed by atoms with van der Waals surface area (Å²) < 4.78 is 5.06. The Morgan fingerprint density at radius 1 is 1.29 bits per heavy atom. The van der Waals surface area contributed by atoms with E-state index in [1.54, 1.807) is 7.11 Å². The second-order valence-electron chi connectivity index (χ2n) is 4.09. The SMILES string of the molecule is COCC(C)NCc1cnc2ccccc2n1. The topological polar surface area (TPSA) is 47.0 Å². The zero-order chi connectivity index (χ0) is 12.1. The molecule has 0 saturated heterocycles. The maximum absolute atomic E-state index is 5.06. The Morgan fingerprint density at radius 3 is 2.82 bits per heavy atom. The number of fused-ring (bicyclic) bond motifs is 1. The fraction of sp³-hybridized carbons (Fsp3) is 0.385. The Morgan fingerprint density at radius 2 is 2.06 bits per heavy atom. The summed E-state index contributed by atoms with van der Waals surface area (Å²) in [7, 11) is 1.70. The third-order valence-electron chi connectivity index (χ3n) is 2.55. The maximum Gasteiger partial charge on any atom is 0.0890 e. The lowest BCUT2D eigenvalue weighted by molar-refractivity contribution is 0.171. The highest BCUT2D eigenvalue weighted by Gasteiger charge is 2.02. The summed E-state index contributed by atoms with van der Waals surface area (Å²) in [6.07, 6.45) is 1.81. The summed E-state index contributed by atoms with van der Waals surface area (Å²) in [5.74, 6) is 0. The molecule has 1 unspecified atom stereocenters. The molecule has 1 heterocycles. The van der Waals surface area contributed by atoms with Gasteiger partial charge in [0.2, 0.25) is 0 Å². The van der Waals surface area contributed by atoms with Crippen molar-refractivity contribution < 1.29 is 4.74 Å². The Bertz CT molecular complexity index is 487. The van der Waals surface area contributed by atoms with E-state index in [0.29, 0.717) is 19.2 Å². The number of aromatic nitrogens is 2. The van der Waals surface area contributed by atoms with Crippen molar-refractivity contribution in [1.82, 2.24) is 15.3 Å². The molecule has 0 fully saturated rings. The summed E-state index contributed by atoms with van der Waals surface area (Å²) in [5, 5.41) is 3.34. The molecule has 0 aliphatic carbocycles. The van der Waals surface area contributed by atoms with Crippen molar-refractivity contribution >= 4 is 11.0 Å². The van der Waals surface area contributed by atoms with Crippen LogP contribution >= 0.6 is 0 Å². The van der Waals surface area contributed by atoms with E-state index in [4.69, 9.17) is 4.74 Å². The van der Waals surface area contributed by atoms with E-state index in [2.05, 4.69) is 22.2 Å². The molecule has 2 aromatic rings. The minimum Gasteiger partial charge on any atom is -0.383 e. The van der Waals surface area contributed by atoms with E-state index in [0.717, 1.165) is 16.7 Å². The highest BCUT2D eigenvalue weighted by Crippen LogP contribution is 2.08. The summed E-state index contributed by atoms with van der Waals surface area (Å²) >= 11 is 0. The van der Waals surface area contributed by atoms with Crippen molar-refractivity contribution in [2.75, 3.05) is 13.7 Å². The van der Waals surface area contributed by atoms with Crippen molar-refractivity contribution in [2.45, 2.75) is 19.5 Å². The van der Waals surface area contributed by atoms with Gasteiger partial charge in [-0.05, 0) is 19.1 Å². The maximum atomic E-state index is 5.06. The van der Waals surface area contributed by atoms with Gasteiger partial charge in [0.1, 0.15) is 0 Å². The molecule has 90 valence electrons. The summed E-state index contributed by atoms with van der Waals surface area (Å²) in [6.45, 7) is 3.49. The second kappa shape index (κ2) is 5.70. The number of benzene rings is 1. The zero-order valence-corrected chi connectivity index (χ0v) is 10.2. The van der Waals surface area contributed by atoms with Crippen LogP contribution in [0.15, 0.2) is 30.5 Å². The number of hydrogen-bond donors (Lipinski definition) is 1. The molecule has 0 saturated carbocycles. The van der Waals surface area contributed by atoms with Crippen molar-refractivity contribution in [3.05, 3.63) is 36.2 Å². The molecule has 17 heavy (non-hydrogen) atoms. The lowest BCUT2D eigenvalue weighted by Crippen LogP contribution is -2.29. The van der Waals surface area contributed by atoms with E-state index in [1.165, 1.54) is 0 Å². The predicted molar refractivity (Wildman–Crippen MR) is 67.7 cm³/mol. The van der Waals surface area contributed by atoms with Gasteiger partial charge < -0.3 is 10.1 Å². The molecule has 1 N–H and O–H groups in total. The summed E-state index contributed by atoms with van der Waals surface area (Å²) in [4.78, 5) is 8.91. The summed E-state index contributed by atoms with van der Waals surface area (Å²) in [6, 6.07) is 8.20. The number of ether oxygens (including phenoxy) is 1. The first kappa shape index (κ1) is 12.0. The van der Waals surface area contributed by atoms with Gasteiger partial charge in [0.05, 0.1) is 29.5 Å². The Hall–Kier alpha value is -1.52. The average molecular weight is 231 g/mol. The first-order chi connectivity index (χ1) is 8.29. The van der Waals surface area contributed by atoms with Gasteiger partial charge in [-0.15, -0.1) is 0 Å². The van der Waals surface area contributed by atoms with E-state index >= 15 is 0 Å². The zero-order valence-electron chi connectivity index (χ0n) is 10.2. The van der Waals surface area contributed by atoms with Crippen LogP contribution in [0.1, 0.15) is 12.6 Å². The molecule has 0 radical (unpaired) electrons. The standard InChI is InChI=1S/C13H17N3O/c1-10(9-17-2)14-7-11-8-15-12-5-3-4-6-13(12)16-11/h3-6,8,10,14H,7,9H2,1-2H3. The number of para-hydroxylation sites is 2. The molecular weight excluding hydrogens is 214 g/mol. The number of rotatable bonds is 5. The van der Waals surface area contributed by atoms with Gasteiger partial charge in [0.25, 0.3) is 0 Å². The minimum atomic E-state index is 0.313. The molecule has 1 aromatic heterocycles. The van der Waals surface area contributed by atoms with Crippen LogP contribution in [0.3, 0.4) is 0 Å². The second-order valence-corrected chi connectivity index (χ2v) is 4.09. The third kappa shape index (κ3) is 3.22. The Balaban J connectivity index is 2.04. The lowest BCUT2D eigenvalue weighted by atomic mass is 10.3. The fourth-order valence-corrected chi connectivity index (χ4v) is 1.67. The molecule has 1 aromatic carbocycles. The molecule has 0 spiro atoms. The largest absolute Gasteiger partial charge is 0.383 e. The molecule has 0 bridgehead atoms. The monoisotopic (exact) mass is 231 g/mol. The van der Waals surface area contributed by atoms with Gasteiger partial charge >= 0.3 is 0 Å². The molecule has 4 heteroatoms. The van der Waals surface area contributed by atoms with Crippen LogP contribution in [0, 0.1) is 0 Å². The minimum absolute atomic E-state index is 0.313. The number of nitrogens with zero attached hydrogens (tertiary/aromatic N) is 2. The quantitative estimate of drug-likeness (QED) is 0.851. The van der Waals surface area contributed by atoms with Gasteiger partial charge in [0.15, 0.2) is 0 Å².